The number of fused-ring (bicyclic) bond motifs is 1. The molecule has 108 valence electrons. The van der Waals surface area contributed by atoms with Gasteiger partial charge >= 0.3 is 0 Å². The first-order valence-corrected chi connectivity index (χ1v) is 6.74. The van der Waals surface area contributed by atoms with Gasteiger partial charge in [0.1, 0.15) is 5.76 Å². The molecule has 0 aliphatic heterocycles. The third-order valence-electron chi connectivity index (χ3n) is 3.03. The quantitative estimate of drug-likeness (QED) is 0.878. The summed E-state index contributed by atoms with van der Waals surface area (Å²) in [5.41, 5.74) is 6.24. The van der Waals surface area contributed by atoms with E-state index in [1.54, 1.807) is 6.92 Å². The Kier molecular flexibility index (Phi) is 4.29. The van der Waals surface area contributed by atoms with Crippen LogP contribution in [0.3, 0.4) is 0 Å². The van der Waals surface area contributed by atoms with E-state index >= 15 is 0 Å². The van der Waals surface area contributed by atoms with E-state index in [-0.39, 0.29) is 11.9 Å². The van der Waals surface area contributed by atoms with Crippen LogP contribution < -0.4 is 15.8 Å². The molecule has 0 fully saturated rings. The number of amides is 1. The molecule has 1 aromatic carbocycles. The molecule has 1 aromatic heterocycles. The average molecular weight is 276 g/mol. The molecule has 0 bridgehead atoms. The van der Waals surface area contributed by atoms with Gasteiger partial charge in [0.15, 0.2) is 11.3 Å². The number of carbonyl (C=O) groups excluding carboxylic acids is 1. The minimum absolute atomic E-state index is 0.206. The van der Waals surface area contributed by atoms with Crippen molar-refractivity contribution in [2.45, 2.75) is 32.9 Å². The molecule has 0 aliphatic rings. The molecule has 2 unspecified atom stereocenters. The highest BCUT2D eigenvalue weighted by molar-refractivity contribution is 5.84. The predicted octanol–water partition coefficient (Wildman–Crippen LogP) is 2.36. The van der Waals surface area contributed by atoms with Gasteiger partial charge in [0.25, 0.3) is 0 Å². The Morgan fingerprint density at radius 1 is 1.45 bits per heavy atom. The van der Waals surface area contributed by atoms with Crippen LogP contribution in [-0.2, 0) is 4.79 Å². The van der Waals surface area contributed by atoms with Crippen molar-refractivity contribution in [3.05, 3.63) is 30.0 Å². The van der Waals surface area contributed by atoms with E-state index in [0.29, 0.717) is 23.7 Å². The van der Waals surface area contributed by atoms with Crippen LogP contribution in [0.25, 0.3) is 11.0 Å². The van der Waals surface area contributed by atoms with Crippen LogP contribution in [0.5, 0.6) is 5.75 Å². The number of rotatable bonds is 5. The maximum Gasteiger partial charge on any atom is 0.237 e. The first-order valence-electron chi connectivity index (χ1n) is 6.74. The number of nitrogens with two attached hydrogens (primary N) is 1. The number of ether oxygens (including phenoxy) is 1. The number of hydrogen-bond acceptors (Lipinski definition) is 4. The first-order chi connectivity index (χ1) is 9.52. The largest absolute Gasteiger partial charge is 0.490 e. The summed E-state index contributed by atoms with van der Waals surface area (Å²) in [7, 11) is 0. The second-order valence-corrected chi connectivity index (χ2v) is 4.78. The zero-order valence-corrected chi connectivity index (χ0v) is 12.0. The second kappa shape index (κ2) is 5.96. The van der Waals surface area contributed by atoms with Gasteiger partial charge in [-0.3, -0.25) is 4.79 Å². The summed E-state index contributed by atoms with van der Waals surface area (Å²) in [6, 6.07) is 6.85. The molecule has 2 atom stereocenters. The van der Waals surface area contributed by atoms with Gasteiger partial charge in [-0.1, -0.05) is 12.1 Å². The fourth-order valence-electron chi connectivity index (χ4n) is 1.95. The molecule has 5 heteroatoms. The maximum absolute atomic E-state index is 11.6. The molecule has 1 amide bonds. The molecule has 3 N–H and O–H groups in total. The minimum atomic E-state index is -0.541. The Morgan fingerprint density at radius 2 is 2.20 bits per heavy atom. The summed E-state index contributed by atoms with van der Waals surface area (Å²) in [6.45, 7) is 6.01. The van der Waals surface area contributed by atoms with Gasteiger partial charge in [-0.05, 0) is 32.9 Å². The number of para-hydroxylation sites is 1. The van der Waals surface area contributed by atoms with Crippen molar-refractivity contribution in [3.8, 4) is 5.75 Å². The lowest BCUT2D eigenvalue weighted by Crippen LogP contribution is -2.39. The van der Waals surface area contributed by atoms with E-state index in [1.165, 1.54) is 0 Å². The van der Waals surface area contributed by atoms with E-state index in [4.69, 9.17) is 14.9 Å². The van der Waals surface area contributed by atoms with Gasteiger partial charge in [0.05, 0.1) is 18.7 Å². The standard InChI is InChI=1S/C15H20N2O3/c1-4-19-12-7-5-6-11-8-13(20-14(11)12)10(3)17-15(18)9(2)16/h5-10H,4,16H2,1-3H3,(H,17,18). The van der Waals surface area contributed by atoms with Crippen molar-refractivity contribution >= 4 is 16.9 Å². The molecule has 5 nitrogen and oxygen atoms in total. The number of carbonyl (C=O) groups is 1. The normalized spacial score (nSPS) is 14.0. The van der Waals surface area contributed by atoms with Crippen molar-refractivity contribution in [3.63, 3.8) is 0 Å². The highest BCUT2D eigenvalue weighted by atomic mass is 16.5. The summed E-state index contributed by atoms with van der Waals surface area (Å²) < 4.78 is 11.3. The molecule has 0 saturated heterocycles. The van der Waals surface area contributed by atoms with Gasteiger partial charge < -0.3 is 20.2 Å². The van der Waals surface area contributed by atoms with E-state index in [1.807, 2.05) is 38.1 Å². The number of hydrogen-bond donors (Lipinski definition) is 2. The van der Waals surface area contributed by atoms with E-state index in [2.05, 4.69) is 5.32 Å². The fourth-order valence-corrected chi connectivity index (χ4v) is 1.95. The first kappa shape index (κ1) is 14.4. The van der Waals surface area contributed by atoms with Crippen LogP contribution in [0.2, 0.25) is 0 Å². The third kappa shape index (κ3) is 2.93. The molecule has 0 aliphatic carbocycles. The van der Waals surface area contributed by atoms with E-state index < -0.39 is 6.04 Å². The van der Waals surface area contributed by atoms with Crippen LogP contribution in [0, 0.1) is 0 Å². The van der Waals surface area contributed by atoms with Gasteiger partial charge in [0, 0.05) is 5.39 Å². The Labute approximate surface area is 118 Å². The molecule has 1 heterocycles. The van der Waals surface area contributed by atoms with Crippen molar-refractivity contribution in [2.75, 3.05) is 6.61 Å². The Bertz CT molecular complexity index is 604. The predicted molar refractivity (Wildman–Crippen MR) is 77.6 cm³/mol. The lowest BCUT2D eigenvalue weighted by Gasteiger charge is -2.13. The third-order valence-corrected chi connectivity index (χ3v) is 3.03. The summed E-state index contributed by atoms with van der Waals surface area (Å²) >= 11 is 0. The number of benzene rings is 1. The molecule has 0 saturated carbocycles. The van der Waals surface area contributed by atoms with Crippen molar-refractivity contribution in [2.24, 2.45) is 5.73 Å². The van der Waals surface area contributed by atoms with Gasteiger partial charge in [-0.15, -0.1) is 0 Å². The van der Waals surface area contributed by atoms with Gasteiger partial charge in [0.2, 0.25) is 5.91 Å². The Hall–Kier alpha value is -2.01. The molecule has 0 radical (unpaired) electrons. The topological polar surface area (TPSA) is 77.5 Å². The lowest BCUT2D eigenvalue weighted by molar-refractivity contribution is -0.122. The van der Waals surface area contributed by atoms with E-state index in [9.17, 15) is 4.79 Å². The smallest absolute Gasteiger partial charge is 0.237 e. The summed E-state index contributed by atoms with van der Waals surface area (Å²) in [5.74, 6) is 1.19. The highest BCUT2D eigenvalue weighted by Gasteiger charge is 2.17. The molecular weight excluding hydrogens is 256 g/mol. The molecule has 2 aromatic rings. The highest BCUT2D eigenvalue weighted by Crippen LogP contribution is 2.31. The molecule has 2 rings (SSSR count). The van der Waals surface area contributed by atoms with Crippen LogP contribution in [0.1, 0.15) is 32.6 Å². The maximum atomic E-state index is 11.6. The van der Waals surface area contributed by atoms with Gasteiger partial charge in [-0.25, -0.2) is 0 Å². The average Bonchev–Trinajstić information content (AvgIpc) is 2.84. The second-order valence-electron chi connectivity index (χ2n) is 4.78. The van der Waals surface area contributed by atoms with Crippen LogP contribution in [0.15, 0.2) is 28.7 Å². The monoisotopic (exact) mass is 276 g/mol. The molecule has 20 heavy (non-hydrogen) atoms. The van der Waals surface area contributed by atoms with Crippen molar-refractivity contribution in [1.29, 1.82) is 0 Å². The minimum Gasteiger partial charge on any atom is -0.490 e. The number of nitrogens with one attached hydrogen (secondary N) is 1. The van der Waals surface area contributed by atoms with Crippen LogP contribution in [0.4, 0.5) is 0 Å². The van der Waals surface area contributed by atoms with Crippen molar-refractivity contribution < 1.29 is 13.9 Å². The summed E-state index contributed by atoms with van der Waals surface area (Å²) in [4.78, 5) is 11.6. The van der Waals surface area contributed by atoms with Crippen LogP contribution in [-0.4, -0.2) is 18.6 Å². The van der Waals surface area contributed by atoms with E-state index in [0.717, 1.165) is 5.39 Å². The lowest BCUT2D eigenvalue weighted by atomic mass is 10.2. The summed E-state index contributed by atoms with van der Waals surface area (Å²) in [5, 5.41) is 3.76. The summed E-state index contributed by atoms with van der Waals surface area (Å²) in [6.07, 6.45) is 0. The molecular formula is C15H20N2O3. The Morgan fingerprint density at radius 3 is 2.85 bits per heavy atom. The van der Waals surface area contributed by atoms with Gasteiger partial charge in [-0.2, -0.15) is 0 Å². The SMILES string of the molecule is CCOc1cccc2cc(C(C)NC(=O)C(C)N)oc12. The van der Waals surface area contributed by atoms with Crippen LogP contribution >= 0.6 is 0 Å². The number of furan rings is 1. The van der Waals surface area contributed by atoms with Crippen molar-refractivity contribution in [1.82, 2.24) is 5.32 Å². The zero-order chi connectivity index (χ0) is 14.7. The zero-order valence-electron chi connectivity index (χ0n) is 12.0. The Balaban J connectivity index is 2.27. The fraction of sp³-hybridized carbons (Fsp3) is 0.400. The molecule has 0 spiro atoms.